The highest BCUT2D eigenvalue weighted by atomic mass is 16.3. The third-order valence-corrected chi connectivity index (χ3v) is 12.6. The number of benzene rings is 7. The molecule has 0 unspecified atom stereocenters. The van der Waals surface area contributed by atoms with Crippen LogP contribution in [0.4, 0.5) is 34.1 Å². The van der Waals surface area contributed by atoms with E-state index in [1.165, 1.54) is 83.4 Å². The molecular formula is C50H40BN3O. The van der Waals surface area contributed by atoms with Crippen LogP contribution in [0.3, 0.4) is 0 Å². The predicted molar refractivity (Wildman–Crippen MR) is 233 cm³/mol. The van der Waals surface area contributed by atoms with Gasteiger partial charge in [0.1, 0.15) is 11.2 Å². The molecule has 55 heavy (non-hydrogen) atoms. The van der Waals surface area contributed by atoms with E-state index in [1.807, 2.05) is 6.07 Å². The van der Waals surface area contributed by atoms with Gasteiger partial charge in [-0.05, 0) is 99.0 Å². The first-order chi connectivity index (χ1) is 26.6. The summed E-state index contributed by atoms with van der Waals surface area (Å²) in [6, 6.07) is 50.2. The van der Waals surface area contributed by atoms with E-state index in [0.717, 1.165) is 27.6 Å². The molecule has 3 aliphatic rings. The number of hydrogen-bond donors (Lipinski definition) is 0. The Kier molecular flexibility index (Phi) is 5.84. The fraction of sp³-hybridized carbons (Fsp3) is 0.160. The topological polar surface area (TPSA) is 24.6 Å². The quantitative estimate of drug-likeness (QED) is 0.159. The first-order valence-electron chi connectivity index (χ1n) is 19.6. The van der Waals surface area contributed by atoms with Crippen molar-refractivity contribution in [3.8, 4) is 5.69 Å². The fourth-order valence-corrected chi connectivity index (χ4v) is 9.92. The Balaban J connectivity index is 1.24. The van der Waals surface area contributed by atoms with Crippen molar-refractivity contribution in [2.45, 2.75) is 52.4 Å². The van der Waals surface area contributed by atoms with E-state index in [4.69, 9.17) is 4.42 Å². The van der Waals surface area contributed by atoms with Crippen LogP contribution in [-0.4, -0.2) is 11.3 Å². The molecule has 264 valence electrons. The summed E-state index contributed by atoms with van der Waals surface area (Å²) < 4.78 is 8.88. The van der Waals surface area contributed by atoms with Gasteiger partial charge >= 0.3 is 0 Å². The maximum absolute atomic E-state index is 6.35. The lowest BCUT2D eigenvalue weighted by Gasteiger charge is -2.47. The van der Waals surface area contributed by atoms with Crippen LogP contribution < -0.4 is 26.2 Å². The second kappa shape index (κ2) is 10.3. The molecule has 0 aliphatic carbocycles. The number of nitrogens with zero attached hydrogens (tertiary/aromatic N) is 3. The molecule has 3 aliphatic heterocycles. The van der Waals surface area contributed by atoms with E-state index in [0.29, 0.717) is 0 Å². The number of anilines is 6. The highest BCUT2D eigenvalue weighted by molar-refractivity contribution is 7.00. The van der Waals surface area contributed by atoms with Crippen LogP contribution in [0.15, 0.2) is 138 Å². The van der Waals surface area contributed by atoms with Gasteiger partial charge in [0.25, 0.3) is 6.71 Å². The molecule has 5 heteroatoms. The molecule has 0 radical (unpaired) electrons. The largest absolute Gasteiger partial charge is 0.456 e. The molecule has 0 atom stereocenters. The van der Waals surface area contributed by atoms with Crippen molar-refractivity contribution in [1.29, 1.82) is 0 Å². The summed E-state index contributed by atoms with van der Waals surface area (Å²) >= 11 is 0. The van der Waals surface area contributed by atoms with Crippen LogP contribution >= 0.6 is 0 Å². The molecule has 12 rings (SSSR count). The lowest BCUT2D eigenvalue weighted by Crippen LogP contribution is -2.62. The summed E-state index contributed by atoms with van der Waals surface area (Å²) in [4.78, 5) is 5.16. The van der Waals surface area contributed by atoms with Crippen LogP contribution in [0.1, 0.15) is 52.7 Å². The van der Waals surface area contributed by atoms with Crippen LogP contribution in [0, 0.1) is 0 Å². The minimum Gasteiger partial charge on any atom is -0.456 e. The predicted octanol–water partition coefficient (Wildman–Crippen LogP) is 11.7. The molecular weight excluding hydrogens is 669 g/mol. The van der Waals surface area contributed by atoms with E-state index >= 15 is 0 Å². The highest BCUT2D eigenvalue weighted by Crippen LogP contribution is 2.53. The number of furan rings is 1. The molecule has 5 heterocycles. The standard InChI is InChI=1S/C50H40BN3O/c1-49(2,3)29-21-23-39-37(25-29)51-36-16-12-19-41-48(36)54(40-18-11-15-34-32-13-7-9-17-38(32)53(41)47(34)40)43-27-30(50(4,5)6)26-42(46(43)51)52(39)31-22-24-45-35(28-31)33-14-8-10-20-44(33)55-45/h7-28H,1-6H3. The Morgan fingerprint density at radius 3 is 1.98 bits per heavy atom. The average molecular weight is 710 g/mol. The van der Waals surface area contributed by atoms with E-state index in [2.05, 4.69) is 183 Å². The number of rotatable bonds is 1. The molecule has 4 nitrogen and oxygen atoms in total. The van der Waals surface area contributed by atoms with E-state index in [-0.39, 0.29) is 17.5 Å². The van der Waals surface area contributed by atoms with Gasteiger partial charge in [0.05, 0.1) is 28.1 Å². The summed E-state index contributed by atoms with van der Waals surface area (Å²) in [5, 5.41) is 4.85. The summed E-state index contributed by atoms with van der Waals surface area (Å²) in [5.41, 5.74) is 19.6. The second-order valence-corrected chi connectivity index (χ2v) is 17.8. The summed E-state index contributed by atoms with van der Waals surface area (Å²) in [6.07, 6.45) is 0. The van der Waals surface area contributed by atoms with Gasteiger partial charge in [0, 0.05) is 44.3 Å². The van der Waals surface area contributed by atoms with Gasteiger partial charge in [-0.1, -0.05) is 114 Å². The minimum atomic E-state index is -0.0930. The Morgan fingerprint density at radius 2 is 1.16 bits per heavy atom. The smallest absolute Gasteiger partial charge is 0.252 e. The van der Waals surface area contributed by atoms with E-state index < -0.39 is 0 Å². The average Bonchev–Trinajstić information content (AvgIpc) is 3.72. The molecule has 0 amide bonds. The molecule has 9 aromatic rings. The van der Waals surface area contributed by atoms with Crippen molar-refractivity contribution in [2.75, 3.05) is 9.80 Å². The summed E-state index contributed by atoms with van der Waals surface area (Å²) in [7, 11) is 0. The second-order valence-electron chi connectivity index (χ2n) is 17.8. The van der Waals surface area contributed by atoms with Crippen molar-refractivity contribution in [3.05, 3.63) is 145 Å². The Labute approximate surface area is 321 Å². The lowest BCUT2D eigenvalue weighted by atomic mass is 9.33. The van der Waals surface area contributed by atoms with Crippen molar-refractivity contribution >= 4 is 101 Å². The third-order valence-electron chi connectivity index (χ3n) is 12.6. The van der Waals surface area contributed by atoms with Crippen molar-refractivity contribution in [1.82, 2.24) is 4.57 Å². The maximum atomic E-state index is 6.35. The Hall–Kier alpha value is -6.20. The van der Waals surface area contributed by atoms with Gasteiger partial charge in [-0.25, -0.2) is 0 Å². The molecule has 0 bridgehead atoms. The van der Waals surface area contributed by atoms with Crippen molar-refractivity contribution in [3.63, 3.8) is 0 Å². The highest BCUT2D eigenvalue weighted by Gasteiger charge is 2.47. The Morgan fingerprint density at radius 1 is 0.473 bits per heavy atom. The van der Waals surface area contributed by atoms with Crippen molar-refractivity contribution in [2.24, 2.45) is 0 Å². The molecule has 7 aromatic carbocycles. The first-order valence-corrected chi connectivity index (χ1v) is 19.6. The van der Waals surface area contributed by atoms with Gasteiger partial charge in [-0.2, -0.15) is 0 Å². The van der Waals surface area contributed by atoms with Gasteiger partial charge < -0.3 is 18.8 Å². The van der Waals surface area contributed by atoms with Crippen LogP contribution in [0.5, 0.6) is 0 Å². The number of aromatic nitrogens is 1. The van der Waals surface area contributed by atoms with Gasteiger partial charge in [0.15, 0.2) is 0 Å². The molecule has 0 N–H and O–H groups in total. The van der Waals surface area contributed by atoms with Crippen LogP contribution in [-0.2, 0) is 10.8 Å². The first kappa shape index (κ1) is 31.2. The monoisotopic (exact) mass is 709 g/mol. The fourth-order valence-electron chi connectivity index (χ4n) is 9.92. The lowest BCUT2D eigenvalue weighted by molar-refractivity contribution is 0.590. The number of hydrogen-bond acceptors (Lipinski definition) is 3. The normalized spacial score (nSPS) is 14.3. The van der Waals surface area contributed by atoms with Crippen molar-refractivity contribution < 1.29 is 4.42 Å². The van der Waals surface area contributed by atoms with E-state index in [1.54, 1.807) is 0 Å². The zero-order valence-electron chi connectivity index (χ0n) is 32.0. The van der Waals surface area contributed by atoms with Crippen LogP contribution in [0.2, 0.25) is 0 Å². The minimum absolute atomic E-state index is 0.0148. The molecule has 0 fully saturated rings. The van der Waals surface area contributed by atoms with Gasteiger partial charge in [0.2, 0.25) is 0 Å². The molecule has 0 saturated heterocycles. The summed E-state index contributed by atoms with van der Waals surface area (Å²) in [6.45, 7) is 14.1. The summed E-state index contributed by atoms with van der Waals surface area (Å²) in [5.74, 6) is 0. The van der Waals surface area contributed by atoms with Gasteiger partial charge in [-0.15, -0.1) is 0 Å². The maximum Gasteiger partial charge on any atom is 0.252 e. The molecule has 0 spiro atoms. The van der Waals surface area contributed by atoms with E-state index in [9.17, 15) is 0 Å². The van der Waals surface area contributed by atoms with Gasteiger partial charge in [-0.3, -0.25) is 0 Å². The molecule has 0 saturated carbocycles. The van der Waals surface area contributed by atoms with Crippen LogP contribution in [0.25, 0.3) is 49.4 Å². The SMILES string of the molecule is CC(C)(C)c1ccc2c(c1)B1c3cccc4c3N(c3cc(C(C)(C)C)cc(c31)N2c1ccc2oc3ccccc3c2c1)c1cccc2c3ccccc3n-4c12. The number of para-hydroxylation sites is 4. The molecule has 2 aromatic heterocycles. The zero-order chi connectivity index (χ0) is 37.1. The number of fused-ring (bicyclic) bond motifs is 12. The third kappa shape index (κ3) is 4.03. The Bertz CT molecular complexity index is 3150. The zero-order valence-corrected chi connectivity index (χ0v) is 32.0.